The fourth-order valence-corrected chi connectivity index (χ4v) is 7.61. The Balaban J connectivity index is 1.37. The van der Waals surface area contributed by atoms with Crippen LogP contribution in [-0.2, 0) is 20.7 Å². The van der Waals surface area contributed by atoms with Gasteiger partial charge in [-0.3, -0.25) is 9.59 Å². The van der Waals surface area contributed by atoms with Crippen molar-refractivity contribution in [2.45, 2.75) is 70.3 Å². The zero-order valence-corrected chi connectivity index (χ0v) is 18.4. The van der Waals surface area contributed by atoms with Gasteiger partial charge in [-0.15, -0.1) is 6.42 Å². The topological polar surface area (TPSA) is 43.4 Å². The summed E-state index contributed by atoms with van der Waals surface area (Å²) in [6, 6.07) is 9.75. The Hall–Kier alpha value is -2.34. The van der Waals surface area contributed by atoms with Crippen molar-refractivity contribution in [1.82, 2.24) is 0 Å². The van der Waals surface area contributed by atoms with Crippen LogP contribution in [0.4, 0.5) is 0 Å². The van der Waals surface area contributed by atoms with Crippen LogP contribution in [0.15, 0.2) is 42.0 Å². The van der Waals surface area contributed by atoms with Gasteiger partial charge < -0.3 is 4.74 Å². The third-order valence-corrected chi connectivity index (χ3v) is 9.13. The third-order valence-electron chi connectivity index (χ3n) is 9.13. The van der Waals surface area contributed by atoms with Crippen molar-refractivity contribution in [2.24, 2.45) is 29.1 Å². The Morgan fingerprint density at radius 2 is 1.90 bits per heavy atom. The lowest BCUT2D eigenvalue weighted by molar-refractivity contribution is -0.169. The van der Waals surface area contributed by atoms with Gasteiger partial charge in [-0.05, 0) is 80.3 Å². The predicted molar refractivity (Wildman–Crippen MR) is 120 cm³/mol. The minimum atomic E-state index is -0.798. The molecule has 6 atom stereocenters. The summed E-state index contributed by atoms with van der Waals surface area (Å²) in [6.45, 7) is 2.28. The Morgan fingerprint density at radius 1 is 1.10 bits per heavy atom. The standard InChI is InChI=1S/C28H32O3/c1-3-28(31-26(30)17-19-7-5-4-6-8-19)16-14-25-24-11-9-20-18-21(29)10-12-22(20)23(24)13-15-27(25,28)2/h1,4-8,18,22-25H,9-17H2,2H3/t22?,23?,24-,25?,27+,28-/m1/s1. The molecule has 1 aromatic rings. The van der Waals surface area contributed by atoms with Gasteiger partial charge in [0.2, 0.25) is 0 Å². The molecule has 0 radical (unpaired) electrons. The summed E-state index contributed by atoms with van der Waals surface area (Å²) in [7, 11) is 0. The molecular formula is C28H32O3. The first-order chi connectivity index (χ1) is 15.0. The largest absolute Gasteiger partial charge is 0.445 e. The van der Waals surface area contributed by atoms with Crippen molar-refractivity contribution >= 4 is 11.8 Å². The number of carbonyl (C=O) groups is 2. The molecule has 3 saturated carbocycles. The van der Waals surface area contributed by atoms with Crippen LogP contribution in [0.3, 0.4) is 0 Å². The zero-order chi connectivity index (χ0) is 21.6. The lowest BCUT2D eigenvalue weighted by atomic mass is 9.50. The van der Waals surface area contributed by atoms with Crippen LogP contribution in [-0.4, -0.2) is 17.4 Å². The summed E-state index contributed by atoms with van der Waals surface area (Å²) in [5, 5.41) is 0. The number of hydrogen-bond donors (Lipinski definition) is 0. The van der Waals surface area contributed by atoms with Gasteiger partial charge in [-0.2, -0.15) is 0 Å². The van der Waals surface area contributed by atoms with E-state index >= 15 is 0 Å². The Kier molecular flexibility index (Phi) is 5.08. The Bertz CT molecular complexity index is 954. The molecule has 5 rings (SSSR count). The lowest BCUT2D eigenvalue weighted by Crippen LogP contribution is -2.54. The molecule has 162 valence electrons. The maximum atomic E-state index is 12.9. The second-order valence-corrected chi connectivity index (χ2v) is 10.4. The fraction of sp³-hybridized carbons (Fsp3) is 0.571. The number of esters is 1. The second-order valence-electron chi connectivity index (χ2n) is 10.4. The van der Waals surface area contributed by atoms with E-state index in [9.17, 15) is 9.59 Å². The zero-order valence-electron chi connectivity index (χ0n) is 18.4. The molecule has 31 heavy (non-hydrogen) atoms. The van der Waals surface area contributed by atoms with Gasteiger partial charge in [0.1, 0.15) is 0 Å². The molecule has 0 spiro atoms. The van der Waals surface area contributed by atoms with Crippen molar-refractivity contribution in [2.75, 3.05) is 0 Å². The molecule has 0 bridgehead atoms. The molecule has 0 saturated heterocycles. The van der Waals surface area contributed by atoms with Crippen molar-refractivity contribution in [3.63, 3.8) is 0 Å². The van der Waals surface area contributed by atoms with E-state index in [1.165, 1.54) is 5.57 Å². The third kappa shape index (κ3) is 3.27. The Morgan fingerprint density at radius 3 is 2.68 bits per heavy atom. The highest BCUT2D eigenvalue weighted by Crippen LogP contribution is 2.65. The maximum absolute atomic E-state index is 12.9. The van der Waals surface area contributed by atoms with E-state index < -0.39 is 5.60 Å². The molecule has 3 nitrogen and oxygen atoms in total. The molecule has 4 aliphatic carbocycles. The van der Waals surface area contributed by atoms with E-state index in [-0.39, 0.29) is 17.8 Å². The monoisotopic (exact) mass is 416 g/mol. The maximum Gasteiger partial charge on any atom is 0.311 e. The van der Waals surface area contributed by atoms with Gasteiger partial charge in [0.05, 0.1) is 6.42 Å². The number of ketones is 1. The summed E-state index contributed by atoms with van der Waals surface area (Å²) in [5.41, 5.74) is 1.40. The highest BCUT2D eigenvalue weighted by Gasteiger charge is 2.64. The van der Waals surface area contributed by atoms with E-state index in [0.29, 0.717) is 35.9 Å². The quantitative estimate of drug-likeness (QED) is 0.497. The molecule has 4 aliphatic rings. The Labute approximate surface area is 185 Å². The van der Waals surface area contributed by atoms with E-state index in [2.05, 4.69) is 12.8 Å². The van der Waals surface area contributed by atoms with Gasteiger partial charge in [0, 0.05) is 11.8 Å². The van der Waals surface area contributed by atoms with Gasteiger partial charge in [-0.25, -0.2) is 0 Å². The average molecular weight is 417 g/mol. The van der Waals surface area contributed by atoms with Gasteiger partial charge >= 0.3 is 5.97 Å². The number of carbonyl (C=O) groups excluding carboxylic acids is 2. The summed E-state index contributed by atoms with van der Waals surface area (Å²) in [4.78, 5) is 24.8. The SMILES string of the molecule is C#C[C@@]1(OC(=O)Cc2ccccc2)CCC2[C@@H]3CCC4=CC(=O)CCC4C3CC[C@@]21C. The smallest absolute Gasteiger partial charge is 0.311 e. The lowest BCUT2D eigenvalue weighted by Gasteiger charge is -2.55. The summed E-state index contributed by atoms with van der Waals surface area (Å²) in [6.07, 6.45) is 16.1. The van der Waals surface area contributed by atoms with Crippen LogP contribution < -0.4 is 0 Å². The minimum Gasteiger partial charge on any atom is -0.445 e. The number of rotatable bonds is 3. The molecule has 3 heteroatoms. The average Bonchev–Trinajstić information content (AvgIpc) is 3.06. The number of ether oxygens (including phenoxy) is 1. The summed E-state index contributed by atoms with van der Waals surface area (Å²) < 4.78 is 6.19. The first-order valence-electron chi connectivity index (χ1n) is 11.9. The molecule has 0 N–H and O–H groups in total. The number of hydrogen-bond acceptors (Lipinski definition) is 3. The predicted octanol–water partition coefficient (Wildman–Crippen LogP) is 5.29. The van der Waals surface area contributed by atoms with Gasteiger partial charge in [0.15, 0.2) is 11.4 Å². The van der Waals surface area contributed by atoms with Crippen LogP contribution >= 0.6 is 0 Å². The number of benzene rings is 1. The highest BCUT2D eigenvalue weighted by atomic mass is 16.6. The van der Waals surface area contributed by atoms with Crippen molar-refractivity contribution in [3.8, 4) is 12.3 Å². The van der Waals surface area contributed by atoms with Crippen molar-refractivity contribution in [3.05, 3.63) is 47.5 Å². The van der Waals surface area contributed by atoms with Crippen LogP contribution in [0.25, 0.3) is 0 Å². The first kappa shape index (κ1) is 20.6. The molecule has 0 aliphatic heterocycles. The number of fused-ring (bicyclic) bond motifs is 5. The second kappa shape index (κ2) is 7.66. The van der Waals surface area contributed by atoms with Crippen LogP contribution in [0.5, 0.6) is 0 Å². The highest BCUT2D eigenvalue weighted by molar-refractivity contribution is 5.91. The van der Waals surface area contributed by atoms with Crippen LogP contribution in [0.1, 0.15) is 63.9 Å². The van der Waals surface area contributed by atoms with Crippen molar-refractivity contribution < 1.29 is 14.3 Å². The molecule has 0 heterocycles. The van der Waals surface area contributed by atoms with Gasteiger partial charge in [-0.1, -0.05) is 48.7 Å². The first-order valence-corrected chi connectivity index (χ1v) is 11.9. The minimum absolute atomic E-state index is 0.166. The van der Waals surface area contributed by atoms with E-state index in [4.69, 9.17) is 11.2 Å². The van der Waals surface area contributed by atoms with Crippen LogP contribution in [0, 0.1) is 41.4 Å². The van der Waals surface area contributed by atoms with E-state index in [1.54, 1.807) is 0 Å². The number of terminal acetylenes is 1. The molecule has 3 fully saturated rings. The molecule has 0 aromatic heterocycles. The van der Waals surface area contributed by atoms with Crippen molar-refractivity contribution in [1.29, 1.82) is 0 Å². The molecule has 0 amide bonds. The molecular weight excluding hydrogens is 384 g/mol. The van der Waals surface area contributed by atoms with E-state index in [1.807, 2.05) is 36.4 Å². The van der Waals surface area contributed by atoms with E-state index in [0.717, 1.165) is 50.5 Å². The molecule has 3 unspecified atom stereocenters. The van der Waals surface area contributed by atoms with Gasteiger partial charge in [0.25, 0.3) is 0 Å². The fourth-order valence-electron chi connectivity index (χ4n) is 7.61. The molecule has 1 aromatic carbocycles. The van der Waals surface area contributed by atoms with Crippen LogP contribution in [0.2, 0.25) is 0 Å². The normalized spacial score (nSPS) is 38.8. The summed E-state index contributed by atoms with van der Waals surface area (Å²) >= 11 is 0. The summed E-state index contributed by atoms with van der Waals surface area (Å²) in [5.74, 6) is 5.42. The number of allylic oxidation sites excluding steroid dienone is 1.